The predicted molar refractivity (Wildman–Crippen MR) is 82.0 cm³/mol. The highest BCUT2D eigenvalue weighted by molar-refractivity contribution is 7.91. The molecule has 2 rings (SSSR count). The van der Waals surface area contributed by atoms with Crippen LogP contribution in [0.15, 0.2) is 53.4 Å². The van der Waals surface area contributed by atoms with Crippen molar-refractivity contribution in [3.63, 3.8) is 0 Å². The van der Waals surface area contributed by atoms with E-state index in [4.69, 9.17) is 0 Å². The quantitative estimate of drug-likeness (QED) is 0.860. The highest BCUT2D eigenvalue weighted by Gasteiger charge is 2.15. The monoisotopic (exact) mass is 321 g/mol. The Morgan fingerprint density at radius 2 is 1.64 bits per heavy atom. The molecule has 22 heavy (non-hydrogen) atoms. The van der Waals surface area contributed by atoms with Crippen LogP contribution < -0.4 is 5.32 Å². The van der Waals surface area contributed by atoms with Gasteiger partial charge in [0.1, 0.15) is 5.82 Å². The lowest BCUT2D eigenvalue weighted by Crippen LogP contribution is -2.29. The van der Waals surface area contributed by atoms with Gasteiger partial charge in [0.15, 0.2) is 9.84 Å². The molecule has 4 nitrogen and oxygen atoms in total. The van der Waals surface area contributed by atoms with Crippen molar-refractivity contribution >= 4 is 15.7 Å². The molecule has 0 bridgehead atoms. The molecule has 0 aromatic heterocycles. The van der Waals surface area contributed by atoms with E-state index in [1.807, 2.05) is 19.1 Å². The summed E-state index contributed by atoms with van der Waals surface area (Å²) in [6, 6.07) is 11.6. The van der Waals surface area contributed by atoms with Crippen molar-refractivity contribution in [2.75, 3.05) is 12.3 Å². The molecule has 1 N–H and O–H groups in total. The van der Waals surface area contributed by atoms with Crippen molar-refractivity contribution in [3.05, 3.63) is 65.5 Å². The van der Waals surface area contributed by atoms with Gasteiger partial charge in [-0.1, -0.05) is 17.7 Å². The topological polar surface area (TPSA) is 63.2 Å². The second-order valence-electron chi connectivity index (χ2n) is 4.89. The Hall–Kier alpha value is -2.21. The summed E-state index contributed by atoms with van der Waals surface area (Å²) in [6.45, 7) is 1.91. The molecule has 0 heterocycles. The van der Waals surface area contributed by atoms with Crippen LogP contribution in [0.25, 0.3) is 0 Å². The van der Waals surface area contributed by atoms with Gasteiger partial charge in [0.25, 0.3) is 5.91 Å². The van der Waals surface area contributed by atoms with Crippen LogP contribution in [0, 0.1) is 12.7 Å². The Kier molecular flexibility index (Phi) is 4.92. The zero-order chi connectivity index (χ0) is 16.2. The molecular weight excluding hydrogens is 305 g/mol. The maximum Gasteiger partial charge on any atom is 0.251 e. The number of amides is 1. The van der Waals surface area contributed by atoms with E-state index >= 15 is 0 Å². The van der Waals surface area contributed by atoms with Gasteiger partial charge in [-0.2, -0.15) is 0 Å². The minimum Gasteiger partial charge on any atom is -0.351 e. The fourth-order valence-electron chi connectivity index (χ4n) is 1.87. The highest BCUT2D eigenvalue weighted by Crippen LogP contribution is 2.11. The molecule has 0 aliphatic carbocycles. The van der Waals surface area contributed by atoms with Crippen molar-refractivity contribution in [1.29, 1.82) is 0 Å². The van der Waals surface area contributed by atoms with Crippen LogP contribution in [0.1, 0.15) is 15.9 Å². The Morgan fingerprint density at radius 1 is 1.05 bits per heavy atom. The van der Waals surface area contributed by atoms with E-state index in [0.717, 1.165) is 17.7 Å². The molecule has 0 radical (unpaired) electrons. The summed E-state index contributed by atoms with van der Waals surface area (Å²) in [5.41, 5.74) is 1.51. The summed E-state index contributed by atoms with van der Waals surface area (Å²) in [7, 11) is -3.54. The summed E-state index contributed by atoms with van der Waals surface area (Å²) in [4.78, 5) is 11.9. The van der Waals surface area contributed by atoms with E-state index in [1.165, 1.54) is 12.1 Å². The molecule has 0 fully saturated rings. The number of sulfone groups is 1. The van der Waals surface area contributed by atoms with E-state index in [-0.39, 0.29) is 23.1 Å². The van der Waals surface area contributed by atoms with Gasteiger partial charge in [0.2, 0.25) is 0 Å². The van der Waals surface area contributed by atoms with Crippen molar-refractivity contribution in [2.24, 2.45) is 0 Å². The number of nitrogens with one attached hydrogen (secondary N) is 1. The Balaban J connectivity index is 1.94. The van der Waals surface area contributed by atoms with Gasteiger partial charge in [-0.15, -0.1) is 0 Å². The summed E-state index contributed by atoms with van der Waals surface area (Å²) < 4.78 is 36.9. The van der Waals surface area contributed by atoms with Crippen molar-refractivity contribution < 1.29 is 17.6 Å². The average molecular weight is 321 g/mol. The third kappa shape index (κ3) is 4.14. The third-order valence-electron chi connectivity index (χ3n) is 3.14. The number of aryl methyl sites for hydroxylation is 1. The van der Waals surface area contributed by atoms with Gasteiger partial charge < -0.3 is 5.32 Å². The molecule has 0 saturated heterocycles. The van der Waals surface area contributed by atoms with Gasteiger partial charge in [-0.25, -0.2) is 12.8 Å². The maximum atomic E-state index is 12.8. The van der Waals surface area contributed by atoms with E-state index < -0.39 is 15.7 Å². The van der Waals surface area contributed by atoms with Gasteiger partial charge in [-0.3, -0.25) is 4.79 Å². The minimum absolute atomic E-state index is 0.00752. The number of halogens is 1. The molecule has 2 aromatic carbocycles. The molecule has 0 aliphatic rings. The van der Waals surface area contributed by atoms with E-state index in [2.05, 4.69) is 5.32 Å². The Morgan fingerprint density at radius 3 is 2.23 bits per heavy atom. The van der Waals surface area contributed by atoms with Crippen LogP contribution in [0.5, 0.6) is 0 Å². The second kappa shape index (κ2) is 6.70. The van der Waals surface area contributed by atoms with Gasteiger partial charge >= 0.3 is 0 Å². The van der Waals surface area contributed by atoms with Crippen LogP contribution in [0.3, 0.4) is 0 Å². The van der Waals surface area contributed by atoms with Crippen LogP contribution in [-0.4, -0.2) is 26.6 Å². The summed E-state index contributed by atoms with van der Waals surface area (Å²) in [6.07, 6.45) is 0. The molecule has 1 amide bonds. The molecule has 0 aliphatic heterocycles. The van der Waals surface area contributed by atoms with Crippen molar-refractivity contribution in [1.82, 2.24) is 5.32 Å². The first kappa shape index (κ1) is 16.2. The predicted octanol–water partition coefficient (Wildman–Crippen LogP) is 2.34. The van der Waals surface area contributed by atoms with Crippen LogP contribution in [0.4, 0.5) is 4.39 Å². The lowest BCUT2D eigenvalue weighted by atomic mass is 10.1. The SMILES string of the molecule is Cc1ccc(C(=O)NCCS(=O)(=O)c2ccc(F)cc2)cc1. The highest BCUT2D eigenvalue weighted by atomic mass is 32.2. The van der Waals surface area contributed by atoms with Crippen LogP contribution >= 0.6 is 0 Å². The third-order valence-corrected chi connectivity index (χ3v) is 4.87. The molecule has 6 heteroatoms. The van der Waals surface area contributed by atoms with E-state index in [9.17, 15) is 17.6 Å². The molecule has 0 saturated carbocycles. The second-order valence-corrected chi connectivity index (χ2v) is 7.00. The van der Waals surface area contributed by atoms with E-state index in [1.54, 1.807) is 12.1 Å². The fraction of sp³-hybridized carbons (Fsp3) is 0.188. The molecule has 0 atom stereocenters. The van der Waals surface area contributed by atoms with Gasteiger partial charge in [0, 0.05) is 12.1 Å². The zero-order valence-electron chi connectivity index (χ0n) is 12.0. The largest absolute Gasteiger partial charge is 0.351 e. The van der Waals surface area contributed by atoms with Crippen LogP contribution in [0.2, 0.25) is 0 Å². The van der Waals surface area contributed by atoms with Gasteiger partial charge in [-0.05, 0) is 43.3 Å². The number of carbonyl (C=O) groups is 1. The van der Waals surface area contributed by atoms with Crippen molar-refractivity contribution in [3.8, 4) is 0 Å². The fourth-order valence-corrected chi connectivity index (χ4v) is 3.02. The first-order valence-electron chi connectivity index (χ1n) is 6.72. The number of hydrogen-bond acceptors (Lipinski definition) is 3. The molecule has 0 spiro atoms. The molecule has 2 aromatic rings. The first-order chi connectivity index (χ1) is 10.4. The Labute approximate surface area is 128 Å². The average Bonchev–Trinajstić information content (AvgIpc) is 2.48. The van der Waals surface area contributed by atoms with Gasteiger partial charge in [0.05, 0.1) is 10.6 Å². The summed E-state index contributed by atoms with van der Waals surface area (Å²) in [5.74, 6) is -1.06. The molecule has 0 unspecified atom stereocenters. The van der Waals surface area contributed by atoms with Crippen LogP contribution in [-0.2, 0) is 9.84 Å². The maximum absolute atomic E-state index is 12.8. The summed E-state index contributed by atoms with van der Waals surface area (Å²) >= 11 is 0. The lowest BCUT2D eigenvalue weighted by Gasteiger charge is -2.07. The Bertz CT molecular complexity index is 753. The molecular formula is C16H16FNO3S. The molecule has 116 valence electrons. The van der Waals surface area contributed by atoms with Crippen molar-refractivity contribution in [2.45, 2.75) is 11.8 Å². The normalized spacial score (nSPS) is 11.2. The first-order valence-corrected chi connectivity index (χ1v) is 8.37. The number of hydrogen-bond donors (Lipinski definition) is 1. The summed E-state index contributed by atoms with van der Waals surface area (Å²) in [5, 5.41) is 2.56. The smallest absolute Gasteiger partial charge is 0.251 e. The number of rotatable bonds is 5. The number of benzene rings is 2. The lowest BCUT2D eigenvalue weighted by molar-refractivity contribution is 0.0956. The number of carbonyl (C=O) groups excluding carboxylic acids is 1. The zero-order valence-corrected chi connectivity index (χ0v) is 12.9. The van der Waals surface area contributed by atoms with E-state index in [0.29, 0.717) is 5.56 Å². The minimum atomic E-state index is -3.54. The standard InChI is InChI=1S/C16H16FNO3S/c1-12-2-4-13(5-3-12)16(19)18-10-11-22(20,21)15-8-6-14(17)7-9-15/h2-9H,10-11H2,1H3,(H,18,19).